The van der Waals surface area contributed by atoms with Crippen molar-refractivity contribution in [1.29, 1.82) is 0 Å². The summed E-state index contributed by atoms with van der Waals surface area (Å²) in [4.78, 5) is 24.7. The number of rotatable bonds is 21. The summed E-state index contributed by atoms with van der Waals surface area (Å²) in [5.74, 6) is 1.99. The largest absolute Gasteiger partial charge is 0.494 e. The first-order valence-corrected chi connectivity index (χ1v) is 17.4. The van der Waals surface area contributed by atoms with Gasteiger partial charge >= 0.3 is 11.9 Å². The molecule has 0 radical (unpaired) electrons. The van der Waals surface area contributed by atoms with Crippen LogP contribution in [0, 0.1) is 0 Å². The normalized spacial score (nSPS) is 10.8. The molecule has 9 nitrogen and oxygen atoms in total. The summed E-state index contributed by atoms with van der Waals surface area (Å²) in [6.07, 6.45) is 8.16. The Morgan fingerprint density at radius 2 is 1.21 bits per heavy atom. The maximum absolute atomic E-state index is 13.1. The summed E-state index contributed by atoms with van der Waals surface area (Å²) in [5.41, 5.74) is 1.25. The van der Waals surface area contributed by atoms with Gasteiger partial charge in [-0.25, -0.2) is 9.59 Å². The van der Waals surface area contributed by atoms with Crippen LogP contribution in [-0.4, -0.2) is 38.7 Å². The van der Waals surface area contributed by atoms with E-state index in [-0.39, 0.29) is 13.6 Å². The van der Waals surface area contributed by atoms with Crippen LogP contribution < -0.4 is 23.7 Å². The van der Waals surface area contributed by atoms with Crippen LogP contribution >= 0.6 is 0 Å². The first-order valence-electron chi connectivity index (χ1n) is 17.4. The van der Waals surface area contributed by atoms with Crippen LogP contribution in [0.25, 0.3) is 21.5 Å². The number of fused-ring (bicyclic) bond motifs is 2. The first kappa shape index (κ1) is 37.5. The third-order valence-corrected chi connectivity index (χ3v) is 8.14. The van der Waals surface area contributed by atoms with E-state index >= 15 is 0 Å². The molecule has 0 unspecified atom stereocenters. The Hall–Kier alpha value is -5.80. The van der Waals surface area contributed by atoms with Crippen molar-refractivity contribution < 1.29 is 42.7 Å². The van der Waals surface area contributed by atoms with E-state index in [2.05, 4.69) is 20.1 Å². The second-order valence-corrected chi connectivity index (χ2v) is 12.0. The molecule has 0 aliphatic heterocycles. The zero-order chi connectivity index (χ0) is 36.5. The van der Waals surface area contributed by atoms with Crippen molar-refractivity contribution in [3.63, 3.8) is 0 Å². The molecule has 5 aromatic carbocycles. The fourth-order valence-electron chi connectivity index (χ4n) is 5.49. The van der Waals surface area contributed by atoms with Crippen molar-refractivity contribution in [2.75, 3.05) is 26.8 Å². The second kappa shape index (κ2) is 19.6. The van der Waals surface area contributed by atoms with Crippen molar-refractivity contribution in [2.24, 2.45) is 0 Å². The third kappa shape index (κ3) is 11.1. The van der Waals surface area contributed by atoms with Crippen molar-refractivity contribution in [1.82, 2.24) is 0 Å². The van der Waals surface area contributed by atoms with Crippen LogP contribution in [0.2, 0.25) is 0 Å². The summed E-state index contributed by atoms with van der Waals surface area (Å²) in [5, 5.41) is 3.72. The molecule has 0 N–H and O–H groups in total. The molecule has 0 aliphatic rings. The molecule has 0 atom stereocenters. The third-order valence-electron chi connectivity index (χ3n) is 8.14. The number of hydrogen-bond donors (Lipinski definition) is 0. The molecule has 52 heavy (non-hydrogen) atoms. The van der Waals surface area contributed by atoms with E-state index in [0.29, 0.717) is 48.2 Å². The molecule has 0 spiro atoms. The van der Waals surface area contributed by atoms with E-state index in [4.69, 9.17) is 33.2 Å². The predicted octanol–water partition coefficient (Wildman–Crippen LogP) is 9.74. The van der Waals surface area contributed by atoms with Gasteiger partial charge in [0.2, 0.25) is 6.79 Å². The molecule has 0 aliphatic carbocycles. The molecular weight excluding hydrogens is 660 g/mol. The Kier molecular flexibility index (Phi) is 14.1. The minimum atomic E-state index is -0.537. The molecular formula is C43H44O9. The van der Waals surface area contributed by atoms with Gasteiger partial charge in [-0.3, -0.25) is 0 Å². The van der Waals surface area contributed by atoms with Gasteiger partial charge in [-0.15, -0.1) is 0 Å². The van der Waals surface area contributed by atoms with Gasteiger partial charge in [0.15, 0.2) is 6.79 Å². The first-order chi connectivity index (χ1) is 25.4. The Morgan fingerprint density at radius 3 is 1.90 bits per heavy atom. The standard InChI is InChI=1S/C43H44O9/c1-4-11-35-28-39(20-21-41(35)52-43(45)36-13-12-32-27-40(51-42(44)5-2)19-16-31(32)24-36)50-30-49-38-18-15-33-25-37(17-14-34(33)26-38)48-23-10-8-7-9-22-47-29-46-6-3/h5-6,12-21,24-28H,2-4,7-11,22-23,29-30H2,1H3. The van der Waals surface area contributed by atoms with Gasteiger partial charge in [-0.1, -0.05) is 57.2 Å². The molecule has 0 bridgehead atoms. The van der Waals surface area contributed by atoms with Crippen molar-refractivity contribution in [3.05, 3.63) is 128 Å². The van der Waals surface area contributed by atoms with E-state index < -0.39 is 11.9 Å². The molecule has 0 fully saturated rings. The molecule has 0 heterocycles. The number of hydrogen-bond acceptors (Lipinski definition) is 9. The summed E-state index contributed by atoms with van der Waals surface area (Å²) >= 11 is 0. The number of ether oxygens (including phenoxy) is 7. The Labute approximate surface area is 304 Å². The number of benzene rings is 5. The van der Waals surface area contributed by atoms with Crippen LogP contribution in [-0.2, 0) is 20.7 Å². The van der Waals surface area contributed by atoms with Crippen LogP contribution in [0.1, 0.15) is 54.9 Å². The molecule has 0 aromatic heterocycles. The van der Waals surface area contributed by atoms with Crippen LogP contribution in [0.5, 0.6) is 28.7 Å². The zero-order valence-corrected chi connectivity index (χ0v) is 29.5. The van der Waals surface area contributed by atoms with Crippen LogP contribution in [0.15, 0.2) is 116 Å². The van der Waals surface area contributed by atoms with E-state index in [0.717, 1.165) is 71.0 Å². The quantitative estimate of drug-likeness (QED) is 0.0185. The fraction of sp³-hybridized carbons (Fsp3) is 0.256. The summed E-state index contributed by atoms with van der Waals surface area (Å²) < 4.78 is 39.1. The summed E-state index contributed by atoms with van der Waals surface area (Å²) in [7, 11) is 0. The lowest BCUT2D eigenvalue weighted by Crippen LogP contribution is -2.10. The van der Waals surface area contributed by atoms with Gasteiger partial charge in [-0.05, 0) is 120 Å². The molecule has 5 aromatic rings. The van der Waals surface area contributed by atoms with Gasteiger partial charge in [0.1, 0.15) is 28.7 Å². The number of carbonyl (C=O) groups excluding carboxylic acids is 2. The molecule has 0 saturated carbocycles. The zero-order valence-electron chi connectivity index (χ0n) is 29.5. The Morgan fingerprint density at radius 1 is 0.615 bits per heavy atom. The number of unbranched alkanes of at least 4 members (excludes halogenated alkanes) is 3. The lowest BCUT2D eigenvalue weighted by atomic mass is 10.1. The second-order valence-electron chi connectivity index (χ2n) is 12.0. The Balaban J connectivity index is 1.10. The van der Waals surface area contributed by atoms with E-state index in [1.807, 2.05) is 42.5 Å². The molecule has 0 saturated heterocycles. The number of carbonyl (C=O) groups is 2. The van der Waals surface area contributed by atoms with E-state index in [1.165, 1.54) is 6.26 Å². The highest BCUT2D eigenvalue weighted by Crippen LogP contribution is 2.29. The maximum atomic E-state index is 13.1. The van der Waals surface area contributed by atoms with Crippen LogP contribution in [0.3, 0.4) is 0 Å². The Bertz CT molecular complexity index is 1980. The average Bonchev–Trinajstić information content (AvgIpc) is 3.16. The van der Waals surface area contributed by atoms with Crippen molar-refractivity contribution >= 4 is 33.5 Å². The molecule has 270 valence electrons. The monoisotopic (exact) mass is 704 g/mol. The molecule has 0 amide bonds. The summed E-state index contributed by atoms with van der Waals surface area (Å²) in [6, 6.07) is 27.7. The van der Waals surface area contributed by atoms with Crippen LogP contribution in [0.4, 0.5) is 0 Å². The van der Waals surface area contributed by atoms with Crippen molar-refractivity contribution in [3.8, 4) is 28.7 Å². The van der Waals surface area contributed by atoms with Gasteiger partial charge in [0, 0.05) is 6.08 Å². The highest BCUT2D eigenvalue weighted by molar-refractivity contribution is 5.97. The highest BCUT2D eigenvalue weighted by Gasteiger charge is 2.14. The summed E-state index contributed by atoms with van der Waals surface area (Å²) in [6.45, 7) is 10.6. The van der Waals surface area contributed by atoms with Gasteiger partial charge in [-0.2, -0.15) is 0 Å². The fourth-order valence-corrected chi connectivity index (χ4v) is 5.49. The number of esters is 2. The predicted molar refractivity (Wildman–Crippen MR) is 201 cm³/mol. The minimum absolute atomic E-state index is 0.0116. The van der Waals surface area contributed by atoms with E-state index in [9.17, 15) is 9.59 Å². The average molecular weight is 705 g/mol. The molecule has 5 rings (SSSR count). The topological polar surface area (TPSA) is 98.8 Å². The minimum Gasteiger partial charge on any atom is -0.494 e. The molecule has 9 heteroatoms. The van der Waals surface area contributed by atoms with E-state index in [1.54, 1.807) is 48.5 Å². The van der Waals surface area contributed by atoms with Gasteiger partial charge in [0.25, 0.3) is 0 Å². The SMILES string of the molecule is C=COCOCCCCCCOc1ccc2cc(OCOc3ccc(OC(=O)c4ccc5cc(OC(=O)C=C)ccc5c4)c(CCC)c3)ccc2c1. The van der Waals surface area contributed by atoms with Gasteiger partial charge in [0.05, 0.1) is 25.0 Å². The highest BCUT2D eigenvalue weighted by atomic mass is 16.7. The smallest absolute Gasteiger partial charge is 0.343 e. The number of aryl methyl sites for hydroxylation is 1. The lowest BCUT2D eigenvalue weighted by molar-refractivity contribution is -0.128. The lowest BCUT2D eigenvalue weighted by Gasteiger charge is -2.14. The van der Waals surface area contributed by atoms with Gasteiger partial charge < -0.3 is 33.2 Å². The maximum Gasteiger partial charge on any atom is 0.343 e. The van der Waals surface area contributed by atoms with Crippen molar-refractivity contribution in [2.45, 2.75) is 45.4 Å².